The van der Waals surface area contributed by atoms with Crippen molar-refractivity contribution in [1.82, 2.24) is 10.3 Å². The number of anilines is 1. The average molecular weight is 401 g/mol. The third-order valence-corrected chi connectivity index (χ3v) is 5.25. The molecule has 0 spiro atoms. The lowest BCUT2D eigenvalue weighted by molar-refractivity contribution is -0.0261. The quantitative estimate of drug-likeness (QED) is 0.808. The molecule has 1 aromatic carbocycles. The van der Waals surface area contributed by atoms with Crippen LogP contribution in [0.1, 0.15) is 28.0 Å². The second kappa shape index (κ2) is 8.34. The minimum atomic E-state index is -0.741. The van der Waals surface area contributed by atoms with E-state index in [0.29, 0.717) is 44.2 Å². The summed E-state index contributed by atoms with van der Waals surface area (Å²) in [6.45, 7) is 1.89. The van der Waals surface area contributed by atoms with E-state index in [4.69, 9.17) is 9.47 Å². The Morgan fingerprint density at radius 3 is 2.90 bits per heavy atom. The number of amides is 1. The first-order valence-corrected chi connectivity index (χ1v) is 9.70. The fourth-order valence-corrected chi connectivity index (χ4v) is 3.58. The van der Waals surface area contributed by atoms with Gasteiger partial charge < -0.3 is 24.8 Å². The molecule has 3 heterocycles. The van der Waals surface area contributed by atoms with E-state index in [0.717, 1.165) is 11.1 Å². The van der Waals surface area contributed by atoms with Crippen LogP contribution in [0, 0.1) is 5.82 Å². The summed E-state index contributed by atoms with van der Waals surface area (Å²) in [5, 5.41) is 12.9. The molecule has 29 heavy (non-hydrogen) atoms. The summed E-state index contributed by atoms with van der Waals surface area (Å²) in [7, 11) is 1.90. The van der Waals surface area contributed by atoms with Crippen molar-refractivity contribution in [3.8, 4) is 5.75 Å². The number of likely N-dealkylation sites (N-methyl/N-ethyl adjacent to an activating group) is 1. The standard InChI is InChI=1S/C21H24FN3O4/c1-25-7-9-29-19-14(10-13-2-4-15(22)5-3-13)11-17(23-20(19)25)21(27)24-16-6-8-28-12-18(16)26/h2-5,11,16,18,26H,6-10,12H2,1H3,(H,24,27)/t16-,18+/m0/s1. The summed E-state index contributed by atoms with van der Waals surface area (Å²) < 4.78 is 24.3. The number of aliphatic hydroxyl groups excluding tert-OH is 1. The first-order valence-electron chi connectivity index (χ1n) is 9.70. The summed E-state index contributed by atoms with van der Waals surface area (Å²) in [6, 6.07) is 7.59. The van der Waals surface area contributed by atoms with E-state index in [1.165, 1.54) is 12.1 Å². The highest BCUT2D eigenvalue weighted by molar-refractivity contribution is 5.93. The number of carbonyl (C=O) groups excluding carboxylic acids is 1. The van der Waals surface area contributed by atoms with Gasteiger partial charge in [-0.1, -0.05) is 12.1 Å². The molecule has 2 aliphatic rings. The maximum Gasteiger partial charge on any atom is 0.270 e. The number of carbonyl (C=O) groups is 1. The van der Waals surface area contributed by atoms with Gasteiger partial charge in [-0.05, 0) is 30.2 Å². The number of aromatic nitrogens is 1. The topological polar surface area (TPSA) is 83.9 Å². The molecular formula is C21H24FN3O4. The molecule has 7 nitrogen and oxygen atoms in total. The van der Waals surface area contributed by atoms with Crippen LogP contribution in [0.15, 0.2) is 30.3 Å². The van der Waals surface area contributed by atoms with E-state index >= 15 is 0 Å². The predicted octanol–water partition coefficient (Wildman–Crippen LogP) is 1.52. The summed E-state index contributed by atoms with van der Waals surface area (Å²) >= 11 is 0. The smallest absolute Gasteiger partial charge is 0.270 e. The summed E-state index contributed by atoms with van der Waals surface area (Å²) in [4.78, 5) is 19.3. The molecular weight excluding hydrogens is 377 g/mol. The third-order valence-electron chi connectivity index (χ3n) is 5.25. The molecule has 0 saturated carbocycles. The van der Waals surface area contributed by atoms with Crippen molar-refractivity contribution < 1.29 is 23.8 Å². The maximum absolute atomic E-state index is 13.3. The van der Waals surface area contributed by atoms with Crippen LogP contribution in [0.5, 0.6) is 5.75 Å². The molecule has 0 bridgehead atoms. The second-order valence-electron chi connectivity index (χ2n) is 7.40. The van der Waals surface area contributed by atoms with Gasteiger partial charge in [0.25, 0.3) is 5.91 Å². The number of halogens is 1. The summed E-state index contributed by atoms with van der Waals surface area (Å²) in [6.07, 6.45) is 0.289. The van der Waals surface area contributed by atoms with Crippen LogP contribution >= 0.6 is 0 Å². The van der Waals surface area contributed by atoms with Crippen LogP contribution in [-0.4, -0.2) is 61.6 Å². The van der Waals surface area contributed by atoms with E-state index in [1.54, 1.807) is 18.2 Å². The fourth-order valence-electron chi connectivity index (χ4n) is 3.58. The Morgan fingerprint density at radius 2 is 2.14 bits per heavy atom. The number of aliphatic hydroxyl groups is 1. The Labute approximate surface area is 168 Å². The van der Waals surface area contributed by atoms with Gasteiger partial charge in [0.1, 0.15) is 18.1 Å². The fraction of sp³-hybridized carbons (Fsp3) is 0.429. The zero-order valence-corrected chi connectivity index (χ0v) is 16.2. The molecule has 154 valence electrons. The van der Waals surface area contributed by atoms with Gasteiger partial charge in [0, 0.05) is 25.6 Å². The molecule has 2 aromatic rings. The van der Waals surface area contributed by atoms with Gasteiger partial charge in [0.15, 0.2) is 11.6 Å². The first-order chi connectivity index (χ1) is 14.0. The van der Waals surface area contributed by atoms with Crippen molar-refractivity contribution in [3.05, 3.63) is 53.0 Å². The average Bonchev–Trinajstić information content (AvgIpc) is 2.72. The molecule has 1 amide bonds. The van der Waals surface area contributed by atoms with Crippen LogP contribution in [0.2, 0.25) is 0 Å². The Morgan fingerprint density at radius 1 is 1.34 bits per heavy atom. The molecule has 0 unspecified atom stereocenters. The summed E-state index contributed by atoms with van der Waals surface area (Å²) in [5.41, 5.74) is 1.98. The highest BCUT2D eigenvalue weighted by Crippen LogP contribution is 2.34. The van der Waals surface area contributed by atoms with Crippen molar-refractivity contribution in [3.63, 3.8) is 0 Å². The van der Waals surface area contributed by atoms with Gasteiger partial charge in [-0.15, -0.1) is 0 Å². The molecule has 4 rings (SSSR count). The zero-order chi connectivity index (χ0) is 20.4. The van der Waals surface area contributed by atoms with Crippen LogP contribution in [0.3, 0.4) is 0 Å². The van der Waals surface area contributed by atoms with Crippen molar-refractivity contribution in [2.45, 2.75) is 25.0 Å². The number of hydrogen-bond donors (Lipinski definition) is 2. The van der Waals surface area contributed by atoms with E-state index in [-0.39, 0.29) is 30.1 Å². The van der Waals surface area contributed by atoms with Gasteiger partial charge in [0.2, 0.25) is 0 Å². The van der Waals surface area contributed by atoms with Gasteiger partial charge in [-0.3, -0.25) is 4.79 Å². The molecule has 1 saturated heterocycles. The summed E-state index contributed by atoms with van der Waals surface area (Å²) in [5.74, 6) is 0.605. The Kier molecular flexibility index (Phi) is 5.64. The highest BCUT2D eigenvalue weighted by Gasteiger charge is 2.28. The minimum absolute atomic E-state index is 0.203. The molecule has 2 atom stereocenters. The van der Waals surface area contributed by atoms with Crippen LogP contribution in [0.4, 0.5) is 10.2 Å². The van der Waals surface area contributed by atoms with Crippen LogP contribution < -0.4 is 15.0 Å². The third kappa shape index (κ3) is 4.33. The largest absolute Gasteiger partial charge is 0.488 e. The lowest BCUT2D eigenvalue weighted by atomic mass is 10.0. The number of ether oxygens (including phenoxy) is 2. The second-order valence-corrected chi connectivity index (χ2v) is 7.40. The lowest BCUT2D eigenvalue weighted by Gasteiger charge is -2.30. The van der Waals surface area contributed by atoms with Crippen LogP contribution in [-0.2, 0) is 11.2 Å². The number of benzene rings is 1. The number of fused-ring (bicyclic) bond motifs is 1. The SMILES string of the molecule is CN1CCOc2c(Cc3ccc(F)cc3)cc(C(=O)N[C@H]3CCOC[C@H]3O)nc21. The molecule has 1 fully saturated rings. The van der Waals surface area contributed by atoms with Gasteiger partial charge in [0.05, 0.1) is 25.3 Å². The monoisotopic (exact) mass is 401 g/mol. The molecule has 1 aromatic heterocycles. The van der Waals surface area contributed by atoms with E-state index < -0.39 is 6.10 Å². The predicted molar refractivity (Wildman–Crippen MR) is 105 cm³/mol. The van der Waals surface area contributed by atoms with E-state index in [1.807, 2.05) is 11.9 Å². The van der Waals surface area contributed by atoms with Crippen LogP contribution in [0.25, 0.3) is 0 Å². The first kappa shape index (κ1) is 19.6. The van der Waals surface area contributed by atoms with Crippen molar-refractivity contribution in [2.75, 3.05) is 38.3 Å². The number of hydrogen-bond acceptors (Lipinski definition) is 6. The Hall–Kier alpha value is -2.71. The molecule has 0 radical (unpaired) electrons. The number of nitrogens with one attached hydrogen (secondary N) is 1. The van der Waals surface area contributed by atoms with Crippen molar-refractivity contribution in [1.29, 1.82) is 0 Å². The Balaban J connectivity index is 1.64. The Bertz CT molecular complexity index is 890. The molecule has 2 aliphatic heterocycles. The zero-order valence-electron chi connectivity index (χ0n) is 16.2. The molecule has 2 N–H and O–H groups in total. The highest BCUT2D eigenvalue weighted by atomic mass is 19.1. The number of nitrogens with zero attached hydrogens (tertiary/aromatic N) is 2. The van der Waals surface area contributed by atoms with Gasteiger partial charge >= 0.3 is 0 Å². The minimum Gasteiger partial charge on any atom is -0.488 e. The molecule has 8 heteroatoms. The van der Waals surface area contributed by atoms with Crippen molar-refractivity contribution in [2.24, 2.45) is 0 Å². The van der Waals surface area contributed by atoms with E-state index in [2.05, 4.69) is 10.3 Å². The molecule has 0 aliphatic carbocycles. The van der Waals surface area contributed by atoms with Gasteiger partial charge in [-0.25, -0.2) is 9.37 Å². The van der Waals surface area contributed by atoms with E-state index in [9.17, 15) is 14.3 Å². The number of rotatable bonds is 4. The van der Waals surface area contributed by atoms with Gasteiger partial charge in [-0.2, -0.15) is 0 Å². The number of pyridine rings is 1. The maximum atomic E-state index is 13.3. The lowest BCUT2D eigenvalue weighted by Crippen LogP contribution is -2.49. The normalized spacial score (nSPS) is 21.3. The van der Waals surface area contributed by atoms with Crippen molar-refractivity contribution >= 4 is 11.7 Å².